The lowest BCUT2D eigenvalue weighted by Crippen LogP contribution is -2.36. The van der Waals surface area contributed by atoms with Gasteiger partial charge in [0.25, 0.3) is 0 Å². The summed E-state index contributed by atoms with van der Waals surface area (Å²) >= 11 is 3.65. The number of rotatable bonds is 7. The van der Waals surface area contributed by atoms with Gasteiger partial charge in [0.05, 0.1) is 22.4 Å². The minimum atomic E-state index is 0.126. The van der Waals surface area contributed by atoms with Gasteiger partial charge in [-0.2, -0.15) is 5.10 Å². The van der Waals surface area contributed by atoms with Gasteiger partial charge in [0, 0.05) is 27.2 Å². The largest absolute Gasteiger partial charge is 0.348 e. The zero-order chi connectivity index (χ0) is 15.3. The molecule has 0 saturated heterocycles. The van der Waals surface area contributed by atoms with Gasteiger partial charge in [-0.25, -0.2) is 0 Å². The van der Waals surface area contributed by atoms with E-state index in [1.54, 1.807) is 19.0 Å². The van der Waals surface area contributed by atoms with Crippen molar-refractivity contribution in [2.45, 2.75) is 40.3 Å². The first kappa shape index (κ1) is 17.2. The first-order valence-corrected chi connectivity index (χ1v) is 7.90. The number of aryl methyl sites for hydroxylation is 2. The molecule has 1 aromatic heterocycles. The highest BCUT2D eigenvalue weighted by Crippen LogP contribution is 2.23. The molecule has 0 aromatic carbocycles. The average Bonchev–Trinajstić information content (AvgIpc) is 2.73. The molecule has 0 unspecified atom stereocenters. The highest BCUT2D eigenvalue weighted by Gasteiger charge is 2.18. The summed E-state index contributed by atoms with van der Waals surface area (Å²) in [5, 5.41) is 4.60. The van der Waals surface area contributed by atoms with Gasteiger partial charge in [-0.15, -0.1) is 0 Å². The Kier molecular flexibility index (Phi) is 6.68. The molecule has 0 aliphatic heterocycles. The first-order valence-electron chi connectivity index (χ1n) is 7.11. The minimum absolute atomic E-state index is 0.126. The first-order chi connectivity index (χ1) is 9.44. The third-order valence-electron chi connectivity index (χ3n) is 3.37. The number of amides is 1. The molecule has 0 bridgehead atoms. The Labute approximate surface area is 130 Å². The molecule has 0 fully saturated rings. The molecular formula is C14H25BrN4O. The van der Waals surface area contributed by atoms with Crippen molar-refractivity contribution in [1.82, 2.24) is 19.6 Å². The normalized spacial score (nSPS) is 11.2. The van der Waals surface area contributed by atoms with Crippen LogP contribution >= 0.6 is 15.9 Å². The molecule has 114 valence electrons. The van der Waals surface area contributed by atoms with Crippen LogP contribution in [-0.2, 0) is 24.3 Å². The summed E-state index contributed by atoms with van der Waals surface area (Å²) in [6, 6.07) is 0. The Bertz CT molecular complexity index is 456. The van der Waals surface area contributed by atoms with Crippen LogP contribution in [0.4, 0.5) is 0 Å². The Morgan fingerprint density at radius 3 is 2.40 bits per heavy atom. The summed E-state index contributed by atoms with van der Waals surface area (Å²) in [4.78, 5) is 15.6. The van der Waals surface area contributed by atoms with E-state index in [2.05, 4.69) is 46.7 Å². The van der Waals surface area contributed by atoms with E-state index in [0.29, 0.717) is 6.54 Å². The Morgan fingerprint density at radius 1 is 1.30 bits per heavy atom. The summed E-state index contributed by atoms with van der Waals surface area (Å²) < 4.78 is 3.10. The predicted molar refractivity (Wildman–Crippen MR) is 84.6 cm³/mol. The molecular weight excluding hydrogens is 320 g/mol. The molecule has 5 nitrogen and oxygen atoms in total. The summed E-state index contributed by atoms with van der Waals surface area (Å²) in [7, 11) is 3.58. The van der Waals surface area contributed by atoms with E-state index in [-0.39, 0.29) is 5.91 Å². The lowest BCUT2D eigenvalue weighted by molar-refractivity contribution is -0.130. The van der Waals surface area contributed by atoms with Crippen molar-refractivity contribution in [2.24, 2.45) is 0 Å². The topological polar surface area (TPSA) is 41.4 Å². The van der Waals surface area contributed by atoms with Crippen LogP contribution in [0.2, 0.25) is 0 Å². The number of halogens is 1. The van der Waals surface area contributed by atoms with E-state index in [4.69, 9.17) is 0 Å². The van der Waals surface area contributed by atoms with Crippen molar-refractivity contribution in [3.8, 4) is 0 Å². The van der Waals surface area contributed by atoms with E-state index in [1.807, 2.05) is 4.68 Å². The molecule has 0 aliphatic carbocycles. The van der Waals surface area contributed by atoms with Gasteiger partial charge < -0.3 is 4.90 Å². The molecule has 0 radical (unpaired) electrons. The third kappa shape index (κ3) is 4.06. The van der Waals surface area contributed by atoms with Crippen molar-refractivity contribution in [3.05, 3.63) is 15.9 Å². The molecule has 6 heteroatoms. The zero-order valence-electron chi connectivity index (χ0n) is 13.1. The molecule has 0 atom stereocenters. The van der Waals surface area contributed by atoms with Crippen molar-refractivity contribution in [1.29, 1.82) is 0 Å². The molecule has 1 aromatic rings. The van der Waals surface area contributed by atoms with Crippen molar-refractivity contribution in [2.75, 3.05) is 27.2 Å². The van der Waals surface area contributed by atoms with E-state index >= 15 is 0 Å². The Balaban J connectivity index is 2.89. The fourth-order valence-corrected chi connectivity index (χ4v) is 2.68. The average molecular weight is 345 g/mol. The molecule has 0 N–H and O–H groups in total. The molecule has 0 aliphatic rings. The number of nitrogens with zero attached hydrogens (tertiary/aromatic N) is 4. The number of hydrogen-bond acceptors (Lipinski definition) is 3. The molecule has 0 saturated carbocycles. The number of hydrogen-bond donors (Lipinski definition) is 0. The lowest BCUT2D eigenvalue weighted by Gasteiger charge is -2.22. The predicted octanol–water partition coefficient (Wildman–Crippen LogP) is 2.14. The summed E-state index contributed by atoms with van der Waals surface area (Å²) in [5.41, 5.74) is 2.23. The SMILES string of the molecule is CCc1nn(CC)c(CN(CC)CC(=O)N(C)C)c1Br. The van der Waals surface area contributed by atoms with Crippen LogP contribution in [0.5, 0.6) is 0 Å². The van der Waals surface area contributed by atoms with Gasteiger partial charge in [-0.05, 0) is 35.8 Å². The van der Waals surface area contributed by atoms with Crippen LogP contribution in [0.1, 0.15) is 32.2 Å². The van der Waals surface area contributed by atoms with Crippen LogP contribution in [-0.4, -0.2) is 52.7 Å². The monoisotopic (exact) mass is 344 g/mol. The summed E-state index contributed by atoms with van der Waals surface area (Å²) in [6.45, 7) is 9.11. The fourth-order valence-electron chi connectivity index (χ4n) is 1.99. The van der Waals surface area contributed by atoms with Gasteiger partial charge in [0.1, 0.15) is 0 Å². The van der Waals surface area contributed by atoms with Gasteiger partial charge >= 0.3 is 0 Å². The van der Waals surface area contributed by atoms with Gasteiger partial charge in [-0.3, -0.25) is 14.4 Å². The van der Waals surface area contributed by atoms with Crippen LogP contribution in [0.15, 0.2) is 4.47 Å². The van der Waals surface area contributed by atoms with Crippen LogP contribution in [0.25, 0.3) is 0 Å². The van der Waals surface area contributed by atoms with Crippen LogP contribution in [0.3, 0.4) is 0 Å². The fraction of sp³-hybridized carbons (Fsp3) is 0.714. The number of likely N-dealkylation sites (N-methyl/N-ethyl adjacent to an activating group) is 2. The number of aromatic nitrogens is 2. The quantitative estimate of drug-likeness (QED) is 0.760. The van der Waals surface area contributed by atoms with E-state index < -0.39 is 0 Å². The second-order valence-electron chi connectivity index (χ2n) is 4.97. The maximum atomic E-state index is 11.9. The maximum Gasteiger partial charge on any atom is 0.236 e. The molecule has 20 heavy (non-hydrogen) atoms. The van der Waals surface area contributed by atoms with E-state index in [9.17, 15) is 4.79 Å². The smallest absolute Gasteiger partial charge is 0.236 e. The third-order valence-corrected chi connectivity index (χ3v) is 4.29. The second kappa shape index (κ2) is 7.78. The van der Waals surface area contributed by atoms with Crippen molar-refractivity contribution in [3.63, 3.8) is 0 Å². The summed E-state index contributed by atoms with van der Waals surface area (Å²) in [6.07, 6.45) is 0.906. The van der Waals surface area contributed by atoms with E-state index in [1.165, 1.54) is 0 Å². The standard InChI is InChI=1S/C14H25BrN4O/c1-6-11-14(15)12(19(8-3)16-11)9-18(7-2)10-13(20)17(4)5/h6-10H2,1-5H3. The molecule has 0 spiro atoms. The Morgan fingerprint density at radius 2 is 1.95 bits per heavy atom. The van der Waals surface area contributed by atoms with Crippen LogP contribution < -0.4 is 0 Å². The minimum Gasteiger partial charge on any atom is -0.348 e. The molecule has 1 heterocycles. The maximum absolute atomic E-state index is 11.9. The molecule has 1 amide bonds. The summed E-state index contributed by atoms with van der Waals surface area (Å²) in [5.74, 6) is 0.126. The zero-order valence-corrected chi connectivity index (χ0v) is 14.7. The lowest BCUT2D eigenvalue weighted by atomic mass is 10.3. The number of carbonyl (C=O) groups is 1. The highest BCUT2D eigenvalue weighted by molar-refractivity contribution is 9.10. The van der Waals surface area contributed by atoms with Gasteiger partial charge in [0.2, 0.25) is 5.91 Å². The van der Waals surface area contributed by atoms with Crippen LogP contribution in [0, 0.1) is 0 Å². The highest BCUT2D eigenvalue weighted by atomic mass is 79.9. The number of carbonyl (C=O) groups excluding carboxylic acids is 1. The van der Waals surface area contributed by atoms with Gasteiger partial charge in [-0.1, -0.05) is 13.8 Å². The Hall–Kier alpha value is -0.880. The second-order valence-corrected chi connectivity index (χ2v) is 5.76. The molecule has 1 rings (SSSR count). The van der Waals surface area contributed by atoms with E-state index in [0.717, 1.165) is 41.9 Å². The van der Waals surface area contributed by atoms with Crippen molar-refractivity contribution < 1.29 is 4.79 Å². The van der Waals surface area contributed by atoms with Crippen molar-refractivity contribution >= 4 is 21.8 Å². The van der Waals surface area contributed by atoms with Gasteiger partial charge in [0.15, 0.2) is 0 Å².